The van der Waals surface area contributed by atoms with Gasteiger partial charge in [0.1, 0.15) is 12.4 Å². The summed E-state index contributed by atoms with van der Waals surface area (Å²) in [5.41, 5.74) is 1.83. The number of likely N-dealkylation sites (N-methyl/N-ethyl adjacent to an activating group) is 1. The predicted octanol–water partition coefficient (Wildman–Crippen LogP) is 2.25. The SMILES string of the molecule is CCN(C)C(=O)Cn1c(CCl)nc2ccccc21. The van der Waals surface area contributed by atoms with E-state index in [1.54, 1.807) is 11.9 Å². The smallest absolute Gasteiger partial charge is 0.242 e. The van der Waals surface area contributed by atoms with Crippen molar-refractivity contribution in [2.75, 3.05) is 13.6 Å². The van der Waals surface area contributed by atoms with Crippen molar-refractivity contribution >= 4 is 28.5 Å². The molecule has 1 aromatic carbocycles. The Morgan fingerprint density at radius 3 is 2.83 bits per heavy atom. The fourth-order valence-corrected chi connectivity index (χ4v) is 2.04. The molecule has 0 atom stereocenters. The summed E-state index contributed by atoms with van der Waals surface area (Å²) in [4.78, 5) is 18.1. The van der Waals surface area contributed by atoms with Crippen LogP contribution in [0.15, 0.2) is 24.3 Å². The highest BCUT2D eigenvalue weighted by atomic mass is 35.5. The molecule has 0 N–H and O–H groups in total. The van der Waals surface area contributed by atoms with Crippen molar-refractivity contribution in [1.82, 2.24) is 14.5 Å². The lowest BCUT2D eigenvalue weighted by Gasteiger charge is -2.16. The molecule has 0 saturated carbocycles. The fraction of sp³-hybridized carbons (Fsp3) is 0.385. The van der Waals surface area contributed by atoms with Gasteiger partial charge in [0.15, 0.2) is 0 Å². The summed E-state index contributed by atoms with van der Waals surface area (Å²) in [7, 11) is 1.79. The number of carbonyl (C=O) groups excluding carboxylic acids is 1. The van der Waals surface area contributed by atoms with Crippen molar-refractivity contribution in [3.63, 3.8) is 0 Å². The summed E-state index contributed by atoms with van der Waals surface area (Å²) in [5, 5.41) is 0. The van der Waals surface area contributed by atoms with Crippen molar-refractivity contribution in [2.24, 2.45) is 0 Å². The number of imidazole rings is 1. The summed E-state index contributed by atoms with van der Waals surface area (Å²) >= 11 is 5.89. The molecule has 0 fully saturated rings. The number of benzene rings is 1. The van der Waals surface area contributed by atoms with Gasteiger partial charge in [0.25, 0.3) is 0 Å². The normalized spacial score (nSPS) is 10.8. The van der Waals surface area contributed by atoms with Crippen molar-refractivity contribution in [3.05, 3.63) is 30.1 Å². The van der Waals surface area contributed by atoms with Crippen molar-refractivity contribution < 1.29 is 4.79 Å². The van der Waals surface area contributed by atoms with Crippen LogP contribution in [0.5, 0.6) is 0 Å². The van der Waals surface area contributed by atoms with E-state index in [0.717, 1.165) is 16.9 Å². The average molecular weight is 266 g/mol. The largest absolute Gasteiger partial charge is 0.344 e. The second kappa shape index (κ2) is 5.40. The van der Waals surface area contributed by atoms with Crippen LogP contribution in [-0.2, 0) is 17.2 Å². The van der Waals surface area contributed by atoms with E-state index < -0.39 is 0 Å². The van der Waals surface area contributed by atoms with E-state index >= 15 is 0 Å². The lowest BCUT2D eigenvalue weighted by atomic mass is 10.3. The molecule has 0 aliphatic carbocycles. The molecule has 0 unspecified atom stereocenters. The number of para-hydroxylation sites is 2. The Morgan fingerprint density at radius 2 is 2.17 bits per heavy atom. The highest BCUT2D eigenvalue weighted by molar-refractivity contribution is 6.16. The van der Waals surface area contributed by atoms with E-state index in [9.17, 15) is 4.79 Å². The number of carbonyl (C=O) groups is 1. The number of aromatic nitrogens is 2. The molecular formula is C13H16ClN3O. The Kier molecular flexibility index (Phi) is 3.87. The van der Waals surface area contributed by atoms with Crippen LogP contribution in [0, 0.1) is 0 Å². The third-order valence-corrected chi connectivity index (χ3v) is 3.29. The number of alkyl halides is 1. The number of rotatable bonds is 4. The molecule has 0 spiro atoms. The zero-order chi connectivity index (χ0) is 13.1. The number of halogens is 1. The predicted molar refractivity (Wildman–Crippen MR) is 72.6 cm³/mol. The molecule has 1 aromatic heterocycles. The Hall–Kier alpha value is -1.55. The fourth-order valence-electron chi connectivity index (χ4n) is 1.84. The maximum atomic E-state index is 12.0. The quantitative estimate of drug-likeness (QED) is 0.796. The summed E-state index contributed by atoms with van der Waals surface area (Å²) in [6, 6.07) is 7.75. The molecule has 96 valence electrons. The first-order chi connectivity index (χ1) is 8.67. The molecule has 2 aromatic rings. The standard InChI is InChI=1S/C13H16ClN3O/c1-3-16(2)13(18)9-17-11-7-5-4-6-10(11)15-12(17)8-14/h4-7H,3,8-9H2,1-2H3. The van der Waals surface area contributed by atoms with Gasteiger partial charge in [-0.25, -0.2) is 4.98 Å². The number of fused-ring (bicyclic) bond motifs is 1. The second-order valence-electron chi connectivity index (χ2n) is 4.14. The summed E-state index contributed by atoms with van der Waals surface area (Å²) in [5.74, 6) is 1.10. The molecule has 0 aliphatic heterocycles. The van der Waals surface area contributed by atoms with Crippen LogP contribution < -0.4 is 0 Å². The van der Waals surface area contributed by atoms with Gasteiger partial charge in [-0.1, -0.05) is 12.1 Å². The van der Waals surface area contributed by atoms with Crippen LogP contribution in [0.2, 0.25) is 0 Å². The van der Waals surface area contributed by atoms with Crippen LogP contribution in [0.3, 0.4) is 0 Å². The number of hydrogen-bond donors (Lipinski definition) is 0. The van der Waals surface area contributed by atoms with E-state index in [1.807, 2.05) is 35.8 Å². The Balaban J connectivity index is 2.39. The minimum atomic E-state index is 0.0621. The van der Waals surface area contributed by atoms with Gasteiger partial charge in [-0.2, -0.15) is 0 Å². The summed E-state index contributed by atoms with van der Waals surface area (Å²) in [6.45, 7) is 2.93. The summed E-state index contributed by atoms with van der Waals surface area (Å²) < 4.78 is 1.89. The van der Waals surface area contributed by atoms with Gasteiger partial charge in [0, 0.05) is 13.6 Å². The minimum Gasteiger partial charge on any atom is -0.344 e. The molecular weight excluding hydrogens is 250 g/mol. The zero-order valence-corrected chi connectivity index (χ0v) is 11.3. The Labute approximate surface area is 111 Å². The van der Waals surface area contributed by atoms with E-state index in [-0.39, 0.29) is 12.5 Å². The lowest BCUT2D eigenvalue weighted by Crippen LogP contribution is -2.30. The minimum absolute atomic E-state index is 0.0621. The molecule has 18 heavy (non-hydrogen) atoms. The maximum Gasteiger partial charge on any atom is 0.242 e. The first kappa shape index (κ1) is 12.9. The van der Waals surface area contributed by atoms with Crippen molar-refractivity contribution in [2.45, 2.75) is 19.3 Å². The number of hydrogen-bond acceptors (Lipinski definition) is 2. The van der Waals surface area contributed by atoms with Crippen LogP contribution in [0.4, 0.5) is 0 Å². The Morgan fingerprint density at radius 1 is 1.44 bits per heavy atom. The van der Waals surface area contributed by atoms with Gasteiger partial charge in [0.05, 0.1) is 16.9 Å². The van der Waals surface area contributed by atoms with Crippen LogP contribution >= 0.6 is 11.6 Å². The zero-order valence-electron chi connectivity index (χ0n) is 10.6. The summed E-state index contributed by atoms with van der Waals surface area (Å²) in [6.07, 6.45) is 0. The van der Waals surface area contributed by atoms with E-state index in [4.69, 9.17) is 11.6 Å². The molecule has 0 saturated heterocycles. The highest BCUT2D eigenvalue weighted by Crippen LogP contribution is 2.17. The van der Waals surface area contributed by atoms with Gasteiger partial charge in [-0.3, -0.25) is 4.79 Å². The molecule has 5 heteroatoms. The van der Waals surface area contributed by atoms with Gasteiger partial charge in [0.2, 0.25) is 5.91 Å². The van der Waals surface area contributed by atoms with Crippen LogP contribution in [0.25, 0.3) is 11.0 Å². The lowest BCUT2D eigenvalue weighted by molar-refractivity contribution is -0.130. The van der Waals surface area contributed by atoms with Gasteiger partial charge >= 0.3 is 0 Å². The molecule has 1 amide bonds. The molecule has 1 heterocycles. The number of amides is 1. The topological polar surface area (TPSA) is 38.1 Å². The molecule has 0 radical (unpaired) electrons. The van der Waals surface area contributed by atoms with E-state index in [2.05, 4.69) is 4.98 Å². The maximum absolute atomic E-state index is 12.0. The van der Waals surface area contributed by atoms with Gasteiger partial charge in [-0.05, 0) is 19.1 Å². The van der Waals surface area contributed by atoms with Crippen molar-refractivity contribution in [3.8, 4) is 0 Å². The van der Waals surface area contributed by atoms with E-state index in [0.29, 0.717) is 12.4 Å². The molecule has 2 rings (SSSR count). The first-order valence-corrected chi connectivity index (χ1v) is 6.45. The molecule has 4 nitrogen and oxygen atoms in total. The average Bonchev–Trinajstić information content (AvgIpc) is 2.76. The highest BCUT2D eigenvalue weighted by Gasteiger charge is 2.14. The Bertz CT molecular complexity index is 564. The second-order valence-corrected chi connectivity index (χ2v) is 4.41. The van der Waals surface area contributed by atoms with E-state index in [1.165, 1.54) is 0 Å². The van der Waals surface area contributed by atoms with Gasteiger partial charge < -0.3 is 9.47 Å². The molecule has 0 aliphatic rings. The van der Waals surface area contributed by atoms with Crippen LogP contribution in [0.1, 0.15) is 12.7 Å². The molecule has 0 bridgehead atoms. The third kappa shape index (κ3) is 2.34. The monoisotopic (exact) mass is 265 g/mol. The third-order valence-electron chi connectivity index (χ3n) is 3.05. The number of nitrogens with zero attached hydrogens (tertiary/aromatic N) is 3. The van der Waals surface area contributed by atoms with Crippen LogP contribution in [-0.4, -0.2) is 34.0 Å². The first-order valence-electron chi connectivity index (χ1n) is 5.91. The van der Waals surface area contributed by atoms with Gasteiger partial charge in [-0.15, -0.1) is 11.6 Å². The van der Waals surface area contributed by atoms with Crippen molar-refractivity contribution in [1.29, 1.82) is 0 Å².